The van der Waals surface area contributed by atoms with Crippen LogP contribution < -0.4 is 4.90 Å². The zero-order valence-corrected chi connectivity index (χ0v) is 14.8. The van der Waals surface area contributed by atoms with Crippen molar-refractivity contribution < 1.29 is 0 Å². The fourth-order valence-electron chi connectivity index (χ4n) is 2.46. The van der Waals surface area contributed by atoms with Crippen LogP contribution in [0.2, 0.25) is 0 Å². The van der Waals surface area contributed by atoms with E-state index < -0.39 is 0 Å². The maximum atomic E-state index is 4.51. The van der Waals surface area contributed by atoms with Crippen molar-refractivity contribution in [1.29, 1.82) is 0 Å². The highest BCUT2D eigenvalue weighted by Gasteiger charge is 2.08. The van der Waals surface area contributed by atoms with E-state index in [0.717, 1.165) is 29.4 Å². The number of aromatic nitrogens is 1. The van der Waals surface area contributed by atoms with Gasteiger partial charge >= 0.3 is 0 Å². The Morgan fingerprint density at radius 3 is 2.52 bits per heavy atom. The Labute approximate surface area is 145 Å². The summed E-state index contributed by atoms with van der Waals surface area (Å²) in [5, 5.41) is 0. The van der Waals surface area contributed by atoms with Crippen molar-refractivity contribution in [3.8, 4) is 0 Å². The number of anilines is 2. The second-order valence-electron chi connectivity index (χ2n) is 5.64. The minimum absolute atomic E-state index is 0.830. The maximum absolute atomic E-state index is 4.51. The summed E-state index contributed by atoms with van der Waals surface area (Å²) in [6, 6.07) is 14.4. The first kappa shape index (κ1) is 17.6. The Kier molecular flexibility index (Phi) is 7.74. The molecular formula is C20H26N2S. The molecule has 0 saturated carbocycles. The monoisotopic (exact) mass is 326 g/mol. The van der Waals surface area contributed by atoms with E-state index in [-0.39, 0.29) is 0 Å². The quantitative estimate of drug-likeness (QED) is 0.344. The first-order valence-corrected chi connectivity index (χ1v) is 8.88. The van der Waals surface area contributed by atoms with Gasteiger partial charge in [0.1, 0.15) is 5.82 Å². The molecule has 0 spiro atoms. The van der Waals surface area contributed by atoms with Crippen LogP contribution in [0.1, 0.15) is 39.0 Å². The van der Waals surface area contributed by atoms with Crippen LogP contribution in [0.5, 0.6) is 0 Å². The van der Waals surface area contributed by atoms with Crippen molar-refractivity contribution in [3.63, 3.8) is 0 Å². The number of pyridine rings is 1. The third-order valence-electron chi connectivity index (χ3n) is 3.76. The minimum atomic E-state index is 0.830. The maximum Gasteiger partial charge on any atom is 0.133 e. The zero-order valence-electron chi connectivity index (χ0n) is 13.9. The number of unbranched alkanes of at least 4 members (excludes halogenated alkanes) is 4. The average molecular weight is 327 g/mol. The van der Waals surface area contributed by atoms with Gasteiger partial charge in [0.2, 0.25) is 0 Å². The molecule has 122 valence electrons. The van der Waals surface area contributed by atoms with Crippen LogP contribution in [-0.2, 0) is 0 Å². The first-order valence-electron chi connectivity index (χ1n) is 8.44. The normalized spacial score (nSPS) is 11.0. The molecule has 0 saturated heterocycles. The van der Waals surface area contributed by atoms with Crippen molar-refractivity contribution in [1.82, 2.24) is 4.98 Å². The van der Waals surface area contributed by atoms with E-state index in [1.807, 2.05) is 18.2 Å². The van der Waals surface area contributed by atoms with Crippen LogP contribution in [0.25, 0.3) is 0 Å². The molecule has 0 amide bonds. The summed E-state index contributed by atoms with van der Waals surface area (Å²) < 4.78 is 0. The fourth-order valence-corrected chi connectivity index (χ4v) is 2.60. The molecule has 23 heavy (non-hydrogen) atoms. The molecule has 2 nitrogen and oxygen atoms in total. The molecule has 0 radical (unpaired) electrons. The Morgan fingerprint density at radius 2 is 1.83 bits per heavy atom. The molecule has 0 unspecified atom stereocenters. The lowest BCUT2D eigenvalue weighted by atomic mass is 10.1. The highest BCUT2D eigenvalue weighted by molar-refractivity contribution is 7.80. The van der Waals surface area contributed by atoms with Crippen molar-refractivity contribution >= 4 is 24.1 Å². The van der Waals surface area contributed by atoms with Gasteiger partial charge in [-0.25, -0.2) is 4.98 Å². The molecule has 1 aromatic carbocycles. The molecule has 0 aliphatic carbocycles. The lowest BCUT2D eigenvalue weighted by molar-refractivity contribution is 0.674. The summed E-state index contributed by atoms with van der Waals surface area (Å²) in [5.74, 6) is 0.949. The number of para-hydroxylation sites is 1. The van der Waals surface area contributed by atoms with Crippen molar-refractivity contribution in [2.24, 2.45) is 0 Å². The van der Waals surface area contributed by atoms with Gasteiger partial charge in [-0.15, -0.1) is 12.6 Å². The van der Waals surface area contributed by atoms with E-state index in [0.29, 0.717) is 0 Å². The van der Waals surface area contributed by atoms with Gasteiger partial charge in [-0.05, 0) is 37.1 Å². The summed E-state index contributed by atoms with van der Waals surface area (Å²) >= 11 is 4.32. The van der Waals surface area contributed by atoms with Crippen molar-refractivity contribution in [2.75, 3.05) is 11.4 Å². The van der Waals surface area contributed by atoms with Crippen LogP contribution in [0, 0.1) is 0 Å². The van der Waals surface area contributed by atoms with Gasteiger partial charge < -0.3 is 4.90 Å². The van der Waals surface area contributed by atoms with Crippen molar-refractivity contribution in [2.45, 2.75) is 43.9 Å². The minimum Gasteiger partial charge on any atom is -0.323 e. The zero-order chi connectivity index (χ0) is 16.3. The predicted molar refractivity (Wildman–Crippen MR) is 103 cm³/mol. The molecule has 3 heteroatoms. The van der Waals surface area contributed by atoms with E-state index in [2.05, 4.69) is 65.9 Å². The van der Waals surface area contributed by atoms with E-state index in [4.69, 9.17) is 0 Å². The van der Waals surface area contributed by atoms with E-state index in [1.54, 1.807) is 6.20 Å². The molecule has 2 aromatic rings. The number of nitrogens with zero attached hydrogens (tertiary/aromatic N) is 2. The second-order valence-corrected chi connectivity index (χ2v) is 6.16. The van der Waals surface area contributed by atoms with Gasteiger partial charge in [-0.2, -0.15) is 0 Å². The lowest BCUT2D eigenvalue weighted by Crippen LogP contribution is -2.17. The molecule has 0 atom stereocenters. The number of allylic oxidation sites excluding steroid dienone is 1. The number of rotatable bonds is 9. The highest BCUT2D eigenvalue weighted by Crippen LogP contribution is 2.23. The number of thiol groups is 1. The largest absolute Gasteiger partial charge is 0.323 e. The topological polar surface area (TPSA) is 16.1 Å². The summed E-state index contributed by atoms with van der Waals surface area (Å²) in [7, 11) is 0. The van der Waals surface area contributed by atoms with Crippen LogP contribution in [0.3, 0.4) is 0 Å². The Bertz CT molecular complexity index is 578. The van der Waals surface area contributed by atoms with Crippen molar-refractivity contribution in [3.05, 3.63) is 60.8 Å². The summed E-state index contributed by atoms with van der Waals surface area (Å²) in [6.07, 6.45) is 12.7. The van der Waals surface area contributed by atoms with E-state index in [9.17, 15) is 0 Å². The second kappa shape index (κ2) is 10.1. The molecule has 0 fully saturated rings. The lowest BCUT2D eigenvalue weighted by Gasteiger charge is -2.22. The molecule has 0 N–H and O–H groups in total. The van der Waals surface area contributed by atoms with Gasteiger partial charge in [-0.3, -0.25) is 0 Å². The van der Waals surface area contributed by atoms with Gasteiger partial charge in [0.05, 0.1) is 0 Å². The van der Waals surface area contributed by atoms with Crippen LogP contribution in [-0.4, -0.2) is 11.5 Å². The SMILES string of the molecule is CCCCCC/C=C/CN(c1ccccc1)c1ccc(S)cn1. The molecule has 0 aliphatic rings. The molecule has 0 aliphatic heterocycles. The smallest absolute Gasteiger partial charge is 0.133 e. The number of hydrogen-bond donors (Lipinski definition) is 1. The Balaban J connectivity index is 2.00. The average Bonchev–Trinajstić information content (AvgIpc) is 2.59. The Hall–Kier alpha value is -1.74. The molecule has 0 bridgehead atoms. The van der Waals surface area contributed by atoms with Gasteiger partial charge in [0, 0.05) is 23.3 Å². The molecule has 1 heterocycles. The summed E-state index contributed by atoms with van der Waals surface area (Å²) in [6.45, 7) is 3.08. The third kappa shape index (κ3) is 6.11. The van der Waals surface area contributed by atoms with Gasteiger partial charge in [0.25, 0.3) is 0 Å². The predicted octanol–water partition coefficient (Wildman–Crippen LogP) is 6.04. The Morgan fingerprint density at radius 1 is 1.00 bits per heavy atom. The highest BCUT2D eigenvalue weighted by atomic mass is 32.1. The molecule has 1 aromatic heterocycles. The molecule has 2 rings (SSSR count). The van der Waals surface area contributed by atoms with Gasteiger partial charge in [0.15, 0.2) is 0 Å². The standard InChI is InChI=1S/C20H26N2S/c1-2-3-4-5-6-7-11-16-22(18-12-9-8-10-13-18)20-15-14-19(23)17-21-20/h7-15,17,23H,2-6,16H2,1H3/b11-7+. The number of hydrogen-bond acceptors (Lipinski definition) is 3. The number of benzene rings is 1. The summed E-state index contributed by atoms with van der Waals surface area (Å²) in [5.41, 5.74) is 1.16. The van der Waals surface area contributed by atoms with E-state index in [1.165, 1.54) is 25.7 Å². The van der Waals surface area contributed by atoms with Crippen LogP contribution >= 0.6 is 12.6 Å². The summed E-state index contributed by atoms with van der Waals surface area (Å²) in [4.78, 5) is 7.61. The fraction of sp³-hybridized carbons (Fsp3) is 0.350. The van der Waals surface area contributed by atoms with Crippen LogP contribution in [0.4, 0.5) is 11.5 Å². The van der Waals surface area contributed by atoms with Gasteiger partial charge in [-0.1, -0.05) is 56.5 Å². The van der Waals surface area contributed by atoms with E-state index >= 15 is 0 Å². The first-order chi connectivity index (χ1) is 11.3. The van der Waals surface area contributed by atoms with Crippen LogP contribution in [0.15, 0.2) is 65.7 Å². The third-order valence-corrected chi connectivity index (χ3v) is 4.02. The molecular weight excluding hydrogens is 300 g/mol.